The second-order valence-corrected chi connectivity index (χ2v) is 2.85. The van der Waals surface area contributed by atoms with E-state index in [1.54, 1.807) is 39.4 Å². The minimum atomic E-state index is -0.0349. The maximum absolute atomic E-state index is 11.5. The zero-order valence-corrected chi connectivity index (χ0v) is 8.00. The molecule has 1 amide bonds. The first kappa shape index (κ1) is 9.58. The first-order chi connectivity index (χ1) is 6.15. The Morgan fingerprint density at radius 2 is 2.23 bits per heavy atom. The number of hydrogen-bond donors (Lipinski definition) is 0. The van der Waals surface area contributed by atoms with E-state index in [2.05, 4.69) is 6.07 Å². The summed E-state index contributed by atoms with van der Waals surface area (Å²) in [7, 11) is 4.98. The molecule has 3 nitrogen and oxygen atoms in total. The van der Waals surface area contributed by atoms with Crippen LogP contribution in [-0.2, 0) is 0 Å². The third-order valence-corrected chi connectivity index (χ3v) is 1.65. The molecule has 69 valence electrons. The van der Waals surface area contributed by atoms with Gasteiger partial charge in [0, 0.05) is 25.7 Å². The molecule has 1 radical (unpaired) electrons. The van der Waals surface area contributed by atoms with E-state index in [1.807, 2.05) is 0 Å². The molecule has 3 heteroatoms. The van der Waals surface area contributed by atoms with Gasteiger partial charge in [0.1, 0.15) is 5.75 Å². The van der Waals surface area contributed by atoms with Crippen molar-refractivity contribution in [3.63, 3.8) is 0 Å². The van der Waals surface area contributed by atoms with Gasteiger partial charge < -0.3 is 9.64 Å². The maximum atomic E-state index is 11.5. The fourth-order valence-corrected chi connectivity index (χ4v) is 0.954. The van der Waals surface area contributed by atoms with Gasteiger partial charge in [-0.3, -0.25) is 4.79 Å². The molecule has 0 aliphatic carbocycles. The van der Waals surface area contributed by atoms with Crippen molar-refractivity contribution in [2.75, 3.05) is 21.2 Å². The van der Waals surface area contributed by atoms with Gasteiger partial charge in [-0.15, -0.1) is 0 Å². The van der Waals surface area contributed by atoms with E-state index in [-0.39, 0.29) is 5.91 Å². The topological polar surface area (TPSA) is 29.5 Å². The van der Waals surface area contributed by atoms with Crippen LogP contribution in [0.1, 0.15) is 10.4 Å². The Hall–Kier alpha value is -1.51. The number of nitrogens with zero attached hydrogens (tertiary/aromatic N) is 1. The lowest BCUT2D eigenvalue weighted by Crippen LogP contribution is -2.21. The summed E-state index contributed by atoms with van der Waals surface area (Å²) in [4.78, 5) is 13.0. The van der Waals surface area contributed by atoms with Crippen LogP contribution in [0.25, 0.3) is 0 Å². The highest BCUT2D eigenvalue weighted by Crippen LogP contribution is 2.12. The molecular formula is C10H12NO2. The molecule has 0 atom stereocenters. The Kier molecular flexibility index (Phi) is 2.90. The summed E-state index contributed by atoms with van der Waals surface area (Å²) in [6, 6.07) is 7.92. The lowest BCUT2D eigenvalue weighted by Gasteiger charge is -2.10. The van der Waals surface area contributed by atoms with E-state index in [0.717, 1.165) is 0 Å². The van der Waals surface area contributed by atoms with E-state index in [0.29, 0.717) is 11.3 Å². The highest BCUT2D eigenvalue weighted by atomic mass is 16.5. The molecule has 13 heavy (non-hydrogen) atoms. The maximum Gasteiger partial charge on any atom is 0.253 e. The van der Waals surface area contributed by atoms with E-state index in [1.165, 1.54) is 4.90 Å². The van der Waals surface area contributed by atoms with Crippen LogP contribution >= 0.6 is 0 Å². The smallest absolute Gasteiger partial charge is 0.253 e. The van der Waals surface area contributed by atoms with Gasteiger partial charge in [-0.05, 0) is 18.2 Å². The summed E-state index contributed by atoms with van der Waals surface area (Å²) < 4.78 is 4.96. The fourth-order valence-electron chi connectivity index (χ4n) is 0.954. The van der Waals surface area contributed by atoms with Gasteiger partial charge in [-0.2, -0.15) is 0 Å². The van der Waals surface area contributed by atoms with Crippen LogP contribution in [0.15, 0.2) is 18.2 Å². The quantitative estimate of drug-likeness (QED) is 0.681. The molecule has 0 spiro atoms. The predicted molar refractivity (Wildman–Crippen MR) is 49.8 cm³/mol. The molecule has 0 aromatic heterocycles. The van der Waals surface area contributed by atoms with Crippen molar-refractivity contribution < 1.29 is 9.53 Å². The zero-order valence-electron chi connectivity index (χ0n) is 8.00. The van der Waals surface area contributed by atoms with Crippen molar-refractivity contribution in [1.29, 1.82) is 0 Å². The molecule has 0 saturated heterocycles. The minimum Gasteiger partial charge on any atom is -0.496 e. The Morgan fingerprint density at radius 3 is 2.77 bits per heavy atom. The molecule has 1 aromatic carbocycles. The largest absolute Gasteiger partial charge is 0.496 e. The monoisotopic (exact) mass is 178 g/mol. The first-order valence-electron chi connectivity index (χ1n) is 3.92. The Bertz CT molecular complexity index is 308. The van der Waals surface area contributed by atoms with Crippen LogP contribution in [0.5, 0.6) is 5.75 Å². The number of carbonyl (C=O) groups is 1. The van der Waals surface area contributed by atoms with Crippen LogP contribution in [0.3, 0.4) is 0 Å². The van der Waals surface area contributed by atoms with Crippen molar-refractivity contribution >= 4 is 5.91 Å². The molecular weight excluding hydrogens is 166 g/mol. The van der Waals surface area contributed by atoms with Crippen molar-refractivity contribution in [3.05, 3.63) is 29.8 Å². The number of methoxy groups -OCH3 is 1. The molecule has 0 fully saturated rings. The van der Waals surface area contributed by atoms with Gasteiger partial charge in [0.2, 0.25) is 0 Å². The Labute approximate surface area is 77.9 Å². The van der Waals surface area contributed by atoms with Crippen LogP contribution < -0.4 is 4.74 Å². The summed E-state index contributed by atoms with van der Waals surface area (Å²) in [5, 5.41) is 0. The second kappa shape index (κ2) is 3.94. The number of ether oxygens (including phenoxy) is 1. The Morgan fingerprint density at radius 1 is 1.54 bits per heavy atom. The van der Waals surface area contributed by atoms with E-state index in [4.69, 9.17) is 4.74 Å². The number of rotatable bonds is 2. The standard InChI is InChI=1S/C10H12NO2/c1-11(2)10(12)8-5-4-6-9(7-8)13-3/h4-5,7H,1-3H3. The van der Waals surface area contributed by atoms with E-state index in [9.17, 15) is 4.79 Å². The van der Waals surface area contributed by atoms with Crippen LogP contribution in [0, 0.1) is 6.07 Å². The van der Waals surface area contributed by atoms with Gasteiger partial charge in [0.05, 0.1) is 7.11 Å². The number of benzene rings is 1. The third kappa shape index (κ3) is 2.21. The SMILES string of the molecule is COc1[c]ccc(C(=O)N(C)C)c1. The van der Waals surface area contributed by atoms with Crippen molar-refractivity contribution in [2.45, 2.75) is 0 Å². The molecule has 0 heterocycles. The summed E-state index contributed by atoms with van der Waals surface area (Å²) in [6.45, 7) is 0. The summed E-state index contributed by atoms with van der Waals surface area (Å²) >= 11 is 0. The van der Waals surface area contributed by atoms with Gasteiger partial charge >= 0.3 is 0 Å². The summed E-state index contributed by atoms with van der Waals surface area (Å²) in [5.41, 5.74) is 0.612. The van der Waals surface area contributed by atoms with Gasteiger partial charge in [-0.25, -0.2) is 0 Å². The molecule has 0 aliphatic rings. The molecule has 0 unspecified atom stereocenters. The highest BCUT2D eigenvalue weighted by molar-refractivity contribution is 5.94. The molecule has 0 N–H and O–H groups in total. The van der Waals surface area contributed by atoms with Crippen molar-refractivity contribution in [3.8, 4) is 5.75 Å². The number of hydrogen-bond acceptors (Lipinski definition) is 2. The number of carbonyl (C=O) groups excluding carboxylic acids is 1. The van der Waals surface area contributed by atoms with Gasteiger partial charge in [0.15, 0.2) is 0 Å². The molecule has 1 rings (SSSR count). The van der Waals surface area contributed by atoms with Crippen molar-refractivity contribution in [2.24, 2.45) is 0 Å². The van der Waals surface area contributed by atoms with E-state index < -0.39 is 0 Å². The average molecular weight is 178 g/mol. The van der Waals surface area contributed by atoms with Crippen LogP contribution in [0.4, 0.5) is 0 Å². The summed E-state index contributed by atoms with van der Waals surface area (Å²) in [5.74, 6) is 0.542. The first-order valence-corrected chi connectivity index (χ1v) is 3.92. The highest BCUT2D eigenvalue weighted by Gasteiger charge is 2.07. The second-order valence-electron chi connectivity index (χ2n) is 2.85. The van der Waals surface area contributed by atoms with E-state index >= 15 is 0 Å². The predicted octanol–water partition coefficient (Wildman–Crippen LogP) is 1.20. The minimum absolute atomic E-state index is 0.0349. The molecule has 0 saturated carbocycles. The molecule has 0 aliphatic heterocycles. The Balaban J connectivity index is 2.95. The zero-order chi connectivity index (χ0) is 9.84. The summed E-state index contributed by atoms with van der Waals surface area (Å²) in [6.07, 6.45) is 0. The normalized spacial score (nSPS) is 9.46. The lowest BCUT2D eigenvalue weighted by atomic mass is 10.2. The van der Waals surface area contributed by atoms with Gasteiger partial charge in [-0.1, -0.05) is 0 Å². The molecule has 0 bridgehead atoms. The van der Waals surface area contributed by atoms with Crippen molar-refractivity contribution in [1.82, 2.24) is 4.90 Å². The average Bonchev–Trinajstić information content (AvgIpc) is 2.16. The number of amides is 1. The fraction of sp³-hybridized carbons (Fsp3) is 0.300. The van der Waals surface area contributed by atoms with Crippen LogP contribution in [0.2, 0.25) is 0 Å². The molecule has 1 aromatic rings. The van der Waals surface area contributed by atoms with Gasteiger partial charge in [0.25, 0.3) is 5.91 Å². The van der Waals surface area contributed by atoms with Crippen LogP contribution in [-0.4, -0.2) is 32.0 Å². The lowest BCUT2D eigenvalue weighted by molar-refractivity contribution is 0.0827. The third-order valence-electron chi connectivity index (χ3n) is 1.65.